The molecule has 6 nitrogen and oxygen atoms in total. The summed E-state index contributed by atoms with van der Waals surface area (Å²) in [7, 11) is 0. The van der Waals surface area contributed by atoms with Crippen molar-refractivity contribution in [1.29, 1.82) is 0 Å². The van der Waals surface area contributed by atoms with Gasteiger partial charge in [-0.05, 0) is 36.2 Å². The molecule has 3 aromatic rings. The highest BCUT2D eigenvalue weighted by Crippen LogP contribution is 2.20. The molecule has 122 valence electrons. The fraction of sp³-hybridized carbons (Fsp3) is 0.111. The number of nitrogens with two attached hydrogens (primary N) is 1. The standard InChI is InChI=1S/C18H17N3O3/c19-14(8-11-4-2-1-3-5-11)17(22)20-13-6-7-15-12(9-13)10-16(21-15)18(23)24/h1-7,9-10,14,21H,8,19H2,(H,20,22)(H,23,24)/t14-/m0/s1. The van der Waals surface area contributed by atoms with Crippen LogP contribution in [0.5, 0.6) is 0 Å². The van der Waals surface area contributed by atoms with E-state index in [4.69, 9.17) is 10.8 Å². The Labute approximate surface area is 138 Å². The molecule has 1 amide bonds. The summed E-state index contributed by atoms with van der Waals surface area (Å²) in [6.45, 7) is 0. The number of aromatic amines is 1. The molecule has 0 bridgehead atoms. The first-order valence-electron chi connectivity index (χ1n) is 7.49. The van der Waals surface area contributed by atoms with E-state index in [2.05, 4.69) is 10.3 Å². The number of amides is 1. The maximum absolute atomic E-state index is 12.2. The number of fused-ring (bicyclic) bond motifs is 1. The number of H-pyrrole nitrogens is 1. The lowest BCUT2D eigenvalue weighted by molar-refractivity contribution is -0.117. The molecule has 0 aliphatic rings. The fourth-order valence-corrected chi connectivity index (χ4v) is 2.52. The van der Waals surface area contributed by atoms with Crippen molar-refractivity contribution in [2.75, 3.05) is 5.32 Å². The third-order valence-electron chi connectivity index (χ3n) is 3.75. The molecule has 0 radical (unpaired) electrons. The van der Waals surface area contributed by atoms with E-state index in [9.17, 15) is 9.59 Å². The molecule has 5 N–H and O–H groups in total. The Morgan fingerprint density at radius 3 is 2.58 bits per heavy atom. The molecule has 1 atom stereocenters. The summed E-state index contributed by atoms with van der Waals surface area (Å²) in [5.41, 5.74) is 8.33. The van der Waals surface area contributed by atoms with Gasteiger partial charge in [0.05, 0.1) is 6.04 Å². The number of carboxylic acids is 1. The highest BCUT2D eigenvalue weighted by Gasteiger charge is 2.15. The number of carbonyl (C=O) groups excluding carboxylic acids is 1. The Bertz CT molecular complexity index is 887. The van der Waals surface area contributed by atoms with Gasteiger partial charge in [0.15, 0.2) is 0 Å². The van der Waals surface area contributed by atoms with Crippen LogP contribution in [0.1, 0.15) is 16.1 Å². The molecular weight excluding hydrogens is 306 g/mol. The maximum Gasteiger partial charge on any atom is 0.352 e. The van der Waals surface area contributed by atoms with Crippen molar-refractivity contribution in [3.8, 4) is 0 Å². The van der Waals surface area contributed by atoms with Crippen LogP contribution in [0, 0.1) is 0 Å². The number of aromatic carboxylic acids is 1. The van der Waals surface area contributed by atoms with E-state index in [1.165, 1.54) is 6.07 Å². The van der Waals surface area contributed by atoms with Crippen molar-refractivity contribution in [3.05, 3.63) is 65.9 Å². The van der Waals surface area contributed by atoms with Crippen LogP contribution in [-0.4, -0.2) is 28.0 Å². The molecule has 6 heteroatoms. The summed E-state index contributed by atoms with van der Waals surface area (Å²) in [6.07, 6.45) is 0.447. The second kappa shape index (κ2) is 6.55. The maximum atomic E-state index is 12.2. The summed E-state index contributed by atoms with van der Waals surface area (Å²) in [5.74, 6) is -1.31. The van der Waals surface area contributed by atoms with Gasteiger partial charge < -0.3 is 21.1 Å². The molecule has 3 rings (SSSR count). The van der Waals surface area contributed by atoms with Gasteiger partial charge in [-0.1, -0.05) is 30.3 Å². The van der Waals surface area contributed by atoms with Crippen LogP contribution in [0.25, 0.3) is 10.9 Å². The fourth-order valence-electron chi connectivity index (χ4n) is 2.52. The molecule has 2 aromatic carbocycles. The number of rotatable bonds is 5. The number of benzene rings is 2. The third-order valence-corrected chi connectivity index (χ3v) is 3.75. The lowest BCUT2D eigenvalue weighted by Crippen LogP contribution is -2.37. The molecule has 1 heterocycles. The monoisotopic (exact) mass is 323 g/mol. The number of nitrogens with one attached hydrogen (secondary N) is 2. The normalized spacial score (nSPS) is 12.0. The topological polar surface area (TPSA) is 108 Å². The average Bonchev–Trinajstić information content (AvgIpc) is 2.99. The van der Waals surface area contributed by atoms with E-state index >= 15 is 0 Å². The molecule has 1 aromatic heterocycles. The summed E-state index contributed by atoms with van der Waals surface area (Å²) in [6, 6.07) is 15.6. The van der Waals surface area contributed by atoms with Gasteiger partial charge in [0, 0.05) is 16.6 Å². The van der Waals surface area contributed by atoms with Crippen molar-refractivity contribution >= 4 is 28.5 Å². The zero-order chi connectivity index (χ0) is 17.1. The molecule has 0 aliphatic carbocycles. The van der Waals surface area contributed by atoms with Crippen molar-refractivity contribution in [2.45, 2.75) is 12.5 Å². The minimum absolute atomic E-state index is 0.106. The number of aromatic nitrogens is 1. The number of carboxylic acid groups (broad SMARTS) is 1. The minimum atomic E-state index is -1.03. The zero-order valence-electron chi connectivity index (χ0n) is 12.8. The first kappa shape index (κ1) is 15.8. The van der Waals surface area contributed by atoms with Gasteiger partial charge in [0.1, 0.15) is 5.69 Å². The molecular formula is C18H17N3O3. The number of hydrogen-bond acceptors (Lipinski definition) is 3. The first-order valence-corrected chi connectivity index (χ1v) is 7.49. The lowest BCUT2D eigenvalue weighted by Gasteiger charge is -2.12. The van der Waals surface area contributed by atoms with E-state index in [1.807, 2.05) is 30.3 Å². The van der Waals surface area contributed by atoms with Crippen molar-refractivity contribution in [1.82, 2.24) is 4.98 Å². The summed E-state index contributed by atoms with van der Waals surface area (Å²) >= 11 is 0. The van der Waals surface area contributed by atoms with Crippen molar-refractivity contribution in [3.63, 3.8) is 0 Å². The highest BCUT2D eigenvalue weighted by molar-refractivity contribution is 5.98. The van der Waals surface area contributed by atoms with Gasteiger partial charge in [-0.15, -0.1) is 0 Å². The summed E-state index contributed by atoms with van der Waals surface area (Å²) < 4.78 is 0. The van der Waals surface area contributed by atoms with E-state index in [1.54, 1.807) is 18.2 Å². The number of hydrogen-bond donors (Lipinski definition) is 4. The average molecular weight is 323 g/mol. The zero-order valence-corrected chi connectivity index (χ0v) is 12.8. The highest BCUT2D eigenvalue weighted by atomic mass is 16.4. The van der Waals surface area contributed by atoms with Crippen LogP contribution < -0.4 is 11.1 Å². The summed E-state index contributed by atoms with van der Waals surface area (Å²) in [4.78, 5) is 26.0. The molecule has 24 heavy (non-hydrogen) atoms. The molecule has 0 saturated carbocycles. The van der Waals surface area contributed by atoms with Gasteiger partial charge in [-0.2, -0.15) is 0 Å². The van der Waals surface area contributed by atoms with E-state index in [-0.39, 0.29) is 11.6 Å². The Kier molecular flexibility index (Phi) is 4.31. The SMILES string of the molecule is N[C@@H](Cc1ccccc1)C(=O)Nc1ccc2[nH]c(C(=O)O)cc2c1. The predicted octanol–water partition coefficient (Wildman–Crippen LogP) is 2.37. The van der Waals surface area contributed by atoms with Crippen molar-refractivity contribution in [2.24, 2.45) is 5.73 Å². The van der Waals surface area contributed by atoms with E-state index in [0.717, 1.165) is 5.56 Å². The van der Waals surface area contributed by atoms with Crippen LogP contribution in [0.4, 0.5) is 5.69 Å². The Balaban J connectivity index is 1.71. The van der Waals surface area contributed by atoms with Crippen molar-refractivity contribution < 1.29 is 14.7 Å². The molecule has 0 spiro atoms. The minimum Gasteiger partial charge on any atom is -0.477 e. The summed E-state index contributed by atoms with van der Waals surface area (Å²) in [5, 5.41) is 12.5. The van der Waals surface area contributed by atoms with Crippen LogP contribution in [0.15, 0.2) is 54.6 Å². The van der Waals surface area contributed by atoms with E-state index < -0.39 is 12.0 Å². The first-order chi connectivity index (χ1) is 11.5. The van der Waals surface area contributed by atoms with Gasteiger partial charge in [0.25, 0.3) is 0 Å². The molecule has 0 aliphatic heterocycles. The van der Waals surface area contributed by atoms with Crippen LogP contribution in [-0.2, 0) is 11.2 Å². The smallest absolute Gasteiger partial charge is 0.352 e. The second-order valence-electron chi connectivity index (χ2n) is 5.58. The van der Waals surface area contributed by atoms with E-state index in [0.29, 0.717) is 23.0 Å². The van der Waals surface area contributed by atoms with Crippen LogP contribution in [0.2, 0.25) is 0 Å². The van der Waals surface area contributed by atoms with Crippen LogP contribution in [0.3, 0.4) is 0 Å². The lowest BCUT2D eigenvalue weighted by atomic mass is 10.1. The predicted molar refractivity (Wildman–Crippen MR) is 92.0 cm³/mol. The van der Waals surface area contributed by atoms with Crippen LogP contribution >= 0.6 is 0 Å². The second-order valence-corrected chi connectivity index (χ2v) is 5.58. The third kappa shape index (κ3) is 3.44. The quantitative estimate of drug-likeness (QED) is 0.578. The Hall–Kier alpha value is -3.12. The largest absolute Gasteiger partial charge is 0.477 e. The molecule has 0 saturated heterocycles. The number of anilines is 1. The van der Waals surface area contributed by atoms with Gasteiger partial charge in [-0.3, -0.25) is 4.79 Å². The Morgan fingerprint density at radius 1 is 1.12 bits per heavy atom. The van der Waals surface area contributed by atoms with Gasteiger partial charge in [0.2, 0.25) is 5.91 Å². The Morgan fingerprint density at radius 2 is 1.88 bits per heavy atom. The van der Waals surface area contributed by atoms with Gasteiger partial charge >= 0.3 is 5.97 Å². The molecule has 0 fully saturated rings. The molecule has 0 unspecified atom stereocenters. The van der Waals surface area contributed by atoms with Gasteiger partial charge in [-0.25, -0.2) is 4.79 Å². The number of carbonyl (C=O) groups is 2.